The summed E-state index contributed by atoms with van der Waals surface area (Å²) in [5, 5.41) is 11.2. The topological polar surface area (TPSA) is 49.3 Å². The molecule has 0 saturated heterocycles. The minimum absolute atomic E-state index is 0.0461. The maximum atomic E-state index is 10.6. The Morgan fingerprint density at radius 2 is 2.12 bits per heavy atom. The van der Waals surface area contributed by atoms with Crippen molar-refractivity contribution in [2.75, 3.05) is 0 Å². The van der Waals surface area contributed by atoms with Gasteiger partial charge in [-0.15, -0.1) is 6.58 Å². The van der Waals surface area contributed by atoms with Gasteiger partial charge in [0.2, 0.25) is 0 Å². The van der Waals surface area contributed by atoms with Crippen LogP contribution in [0.2, 0.25) is 0 Å². The Kier molecular flexibility index (Phi) is 5.12. The van der Waals surface area contributed by atoms with Crippen LogP contribution in [0.4, 0.5) is 4.79 Å². The number of nitrogens with one attached hydrogen (secondary N) is 1. The third-order valence-corrected chi connectivity index (χ3v) is 2.40. The summed E-state index contributed by atoms with van der Waals surface area (Å²) in [6, 6.07) is 10.00. The highest BCUT2D eigenvalue weighted by Crippen LogP contribution is 2.07. The van der Waals surface area contributed by atoms with Gasteiger partial charge >= 0.3 is 6.09 Å². The summed E-state index contributed by atoms with van der Waals surface area (Å²) in [7, 11) is 0. The summed E-state index contributed by atoms with van der Waals surface area (Å²) < 4.78 is 0. The van der Waals surface area contributed by atoms with Gasteiger partial charge in [0, 0.05) is 6.04 Å². The van der Waals surface area contributed by atoms with Crippen LogP contribution in [0.5, 0.6) is 0 Å². The van der Waals surface area contributed by atoms with Gasteiger partial charge in [-0.1, -0.05) is 36.4 Å². The Hall–Kier alpha value is -1.77. The SMILES string of the molecule is C=CCC(CCc1ccccc1)NC(=O)O. The molecule has 0 bridgehead atoms. The third kappa shape index (κ3) is 4.64. The molecule has 3 heteroatoms. The molecule has 0 fully saturated rings. The van der Waals surface area contributed by atoms with E-state index in [9.17, 15) is 4.79 Å². The molecule has 1 unspecified atom stereocenters. The fourth-order valence-corrected chi connectivity index (χ4v) is 1.61. The molecule has 86 valence electrons. The lowest BCUT2D eigenvalue weighted by Gasteiger charge is -2.14. The van der Waals surface area contributed by atoms with Crippen molar-refractivity contribution >= 4 is 6.09 Å². The first-order chi connectivity index (χ1) is 7.72. The van der Waals surface area contributed by atoms with Gasteiger partial charge in [-0.2, -0.15) is 0 Å². The monoisotopic (exact) mass is 219 g/mol. The maximum absolute atomic E-state index is 10.6. The van der Waals surface area contributed by atoms with Crippen molar-refractivity contribution in [3.8, 4) is 0 Å². The molecule has 1 rings (SSSR count). The second kappa shape index (κ2) is 6.67. The van der Waals surface area contributed by atoms with Gasteiger partial charge < -0.3 is 10.4 Å². The molecule has 1 aromatic rings. The van der Waals surface area contributed by atoms with Crippen LogP contribution in [0.25, 0.3) is 0 Å². The Labute approximate surface area is 95.8 Å². The molecule has 16 heavy (non-hydrogen) atoms. The van der Waals surface area contributed by atoms with Crippen molar-refractivity contribution in [2.45, 2.75) is 25.3 Å². The van der Waals surface area contributed by atoms with Crippen LogP contribution in [0, 0.1) is 0 Å². The second-order valence-corrected chi connectivity index (χ2v) is 3.70. The first-order valence-corrected chi connectivity index (χ1v) is 5.36. The van der Waals surface area contributed by atoms with E-state index in [1.54, 1.807) is 6.08 Å². The molecule has 0 spiro atoms. The number of aryl methyl sites for hydroxylation is 1. The van der Waals surface area contributed by atoms with Crippen LogP contribution in [0.3, 0.4) is 0 Å². The highest BCUT2D eigenvalue weighted by molar-refractivity contribution is 5.64. The largest absolute Gasteiger partial charge is 0.465 e. The molecule has 0 radical (unpaired) electrons. The molecule has 1 aromatic carbocycles. The van der Waals surface area contributed by atoms with Crippen molar-refractivity contribution < 1.29 is 9.90 Å². The molecule has 0 aliphatic heterocycles. The van der Waals surface area contributed by atoms with E-state index in [2.05, 4.69) is 11.9 Å². The molecule has 0 aliphatic carbocycles. The van der Waals surface area contributed by atoms with Crippen LogP contribution in [-0.4, -0.2) is 17.2 Å². The minimum atomic E-state index is -0.972. The molecule has 1 amide bonds. The predicted octanol–water partition coefficient (Wildman–Crippen LogP) is 2.83. The zero-order valence-electron chi connectivity index (χ0n) is 9.23. The lowest BCUT2D eigenvalue weighted by atomic mass is 10.0. The van der Waals surface area contributed by atoms with Gasteiger partial charge in [0.15, 0.2) is 0 Å². The van der Waals surface area contributed by atoms with E-state index >= 15 is 0 Å². The number of carbonyl (C=O) groups is 1. The van der Waals surface area contributed by atoms with E-state index in [0.717, 1.165) is 12.8 Å². The van der Waals surface area contributed by atoms with Gasteiger partial charge in [0.25, 0.3) is 0 Å². The minimum Gasteiger partial charge on any atom is -0.465 e. The summed E-state index contributed by atoms with van der Waals surface area (Å²) in [4.78, 5) is 10.6. The number of hydrogen-bond donors (Lipinski definition) is 2. The summed E-state index contributed by atoms with van der Waals surface area (Å²) in [6.07, 6.45) is 3.10. The van der Waals surface area contributed by atoms with Crippen LogP contribution in [-0.2, 0) is 6.42 Å². The zero-order valence-corrected chi connectivity index (χ0v) is 9.23. The lowest BCUT2D eigenvalue weighted by Crippen LogP contribution is -2.33. The van der Waals surface area contributed by atoms with Crippen LogP contribution >= 0.6 is 0 Å². The average molecular weight is 219 g/mol. The molecule has 3 nitrogen and oxygen atoms in total. The van der Waals surface area contributed by atoms with Gasteiger partial charge in [-0.25, -0.2) is 4.79 Å². The van der Waals surface area contributed by atoms with Gasteiger partial charge in [-0.05, 0) is 24.8 Å². The molecule has 0 saturated carbocycles. The van der Waals surface area contributed by atoms with Crippen molar-refractivity contribution in [1.29, 1.82) is 0 Å². The molecule has 2 N–H and O–H groups in total. The highest BCUT2D eigenvalue weighted by Gasteiger charge is 2.09. The van der Waals surface area contributed by atoms with E-state index in [-0.39, 0.29) is 6.04 Å². The summed E-state index contributed by atoms with van der Waals surface area (Å²) in [6.45, 7) is 3.63. The van der Waals surface area contributed by atoms with Crippen molar-refractivity contribution in [2.24, 2.45) is 0 Å². The average Bonchev–Trinajstić information content (AvgIpc) is 2.27. The standard InChI is InChI=1S/C13H17NO2/c1-2-6-12(14-13(15)16)10-9-11-7-4-3-5-8-11/h2-5,7-8,12,14H,1,6,9-10H2,(H,15,16). The van der Waals surface area contributed by atoms with Crippen LogP contribution in [0.15, 0.2) is 43.0 Å². The number of carboxylic acid groups (broad SMARTS) is 1. The molecule has 0 heterocycles. The van der Waals surface area contributed by atoms with Crippen molar-refractivity contribution in [1.82, 2.24) is 5.32 Å². The number of amides is 1. The molecular formula is C13H17NO2. The number of benzene rings is 1. The molecule has 0 aromatic heterocycles. The highest BCUT2D eigenvalue weighted by atomic mass is 16.4. The molecule has 0 aliphatic rings. The summed E-state index contributed by atoms with van der Waals surface area (Å²) >= 11 is 0. The Morgan fingerprint density at radius 1 is 1.44 bits per heavy atom. The first kappa shape index (κ1) is 12.3. The Morgan fingerprint density at radius 3 is 2.69 bits per heavy atom. The van der Waals surface area contributed by atoms with Gasteiger partial charge in [0.1, 0.15) is 0 Å². The van der Waals surface area contributed by atoms with Gasteiger partial charge in [-0.3, -0.25) is 0 Å². The van der Waals surface area contributed by atoms with E-state index in [0.29, 0.717) is 6.42 Å². The zero-order chi connectivity index (χ0) is 11.8. The third-order valence-electron chi connectivity index (χ3n) is 2.40. The Balaban J connectivity index is 2.43. The molecule has 1 atom stereocenters. The number of rotatable bonds is 6. The Bertz CT molecular complexity index is 335. The predicted molar refractivity (Wildman–Crippen MR) is 64.5 cm³/mol. The molecular weight excluding hydrogens is 202 g/mol. The fraction of sp³-hybridized carbons (Fsp3) is 0.308. The normalized spacial score (nSPS) is 11.8. The first-order valence-electron chi connectivity index (χ1n) is 5.36. The van der Waals surface area contributed by atoms with E-state index in [4.69, 9.17) is 5.11 Å². The number of hydrogen-bond acceptors (Lipinski definition) is 1. The maximum Gasteiger partial charge on any atom is 0.404 e. The van der Waals surface area contributed by atoms with Crippen molar-refractivity contribution in [3.05, 3.63) is 48.6 Å². The second-order valence-electron chi connectivity index (χ2n) is 3.70. The quantitative estimate of drug-likeness (QED) is 0.723. The summed E-state index contributed by atoms with van der Waals surface area (Å²) in [5.74, 6) is 0. The van der Waals surface area contributed by atoms with Crippen LogP contribution < -0.4 is 5.32 Å². The lowest BCUT2D eigenvalue weighted by molar-refractivity contribution is 0.189. The van der Waals surface area contributed by atoms with Crippen molar-refractivity contribution in [3.63, 3.8) is 0 Å². The fourth-order valence-electron chi connectivity index (χ4n) is 1.61. The van der Waals surface area contributed by atoms with E-state index in [1.165, 1.54) is 5.56 Å². The smallest absolute Gasteiger partial charge is 0.404 e. The van der Waals surface area contributed by atoms with Crippen LogP contribution in [0.1, 0.15) is 18.4 Å². The summed E-state index contributed by atoms with van der Waals surface area (Å²) in [5.41, 5.74) is 1.23. The van der Waals surface area contributed by atoms with E-state index < -0.39 is 6.09 Å². The van der Waals surface area contributed by atoms with Gasteiger partial charge in [0.05, 0.1) is 0 Å². The van der Waals surface area contributed by atoms with E-state index in [1.807, 2.05) is 30.3 Å².